The summed E-state index contributed by atoms with van der Waals surface area (Å²) in [5.41, 5.74) is -1.43. The number of hydrogen-bond donors (Lipinski definition) is 4. The summed E-state index contributed by atoms with van der Waals surface area (Å²) in [5, 5.41) is 17.9. The molecule has 1 heterocycles. The highest BCUT2D eigenvalue weighted by Crippen LogP contribution is 2.22. The fraction of sp³-hybridized carbons (Fsp3) is 0.432. The molecule has 1 fully saturated rings. The number of aliphatic hydroxyl groups excluding tert-OH is 1. The Morgan fingerprint density at radius 3 is 2.26 bits per heavy atom. The van der Waals surface area contributed by atoms with Crippen LogP contribution in [0.5, 0.6) is 5.75 Å². The Morgan fingerprint density at radius 2 is 1.65 bits per heavy atom. The Labute approximate surface area is 302 Å². The molecule has 4 atom stereocenters. The molecule has 0 unspecified atom stereocenters. The lowest BCUT2D eigenvalue weighted by Crippen LogP contribution is -2.59. The Bertz CT molecular complexity index is 2400. The van der Waals surface area contributed by atoms with Crippen molar-refractivity contribution in [3.63, 3.8) is 0 Å². The van der Waals surface area contributed by atoms with Crippen molar-refractivity contribution in [1.82, 2.24) is 20.9 Å². The van der Waals surface area contributed by atoms with Gasteiger partial charge in [-0.15, -0.1) is 0 Å². The van der Waals surface area contributed by atoms with Crippen LogP contribution in [0.2, 0.25) is 0 Å². The number of carbonyl (C=O) groups excluding carboxylic acids is 3. The molecule has 9 heteroatoms. The molecule has 0 saturated carbocycles. The molecule has 1 aliphatic heterocycles. The molecule has 46 heavy (non-hydrogen) atoms. The maximum absolute atomic E-state index is 14.6. The number of benzene rings is 3. The second kappa shape index (κ2) is 16.8. The third kappa shape index (κ3) is 9.81. The lowest BCUT2D eigenvalue weighted by molar-refractivity contribution is -0.128. The minimum Gasteiger partial charge on any atom is -0.483 e. The quantitative estimate of drug-likeness (QED) is 0.196. The van der Waals surface area contributed by atoms with Gasteiger partial charge >= 0.3 is 6.03 Å². The van der Waals surface area contributed by atoms with Gasteiger partial charge in [0.2, 0.25) is 5.91 Å². The maximum atomic E-state index is 14.6. The first-order valence-corrected chi connectivity index (χ1v) is 14.1. The fourth-order valence-electron chi connectivity index (χ4n) is 4.44. The summed E-state index contributed by atoms with van der Waals surface area (Å²) in [4.78, 5) is 41.7. The predicted molar refractivity (Wildman–Crippen MR) is 180 cm³/mol. The number of aliphatic hydroxyl groups is 1. The van der Waals surface area contributed by atoms with Crippen LogP contribution in [0.25, 0.3) is 0 Å². The minimum absolute atomic E-state index is 0.00409. The lowest BCUT2D eigenvalue weighted by atomic mass is 9.92. The molecule has 3 aromatic carbocycles. The molecule has 0 radical (unpaired) electrons. The molecule has 0 aromatic heterocycles. The molecule has 246 valence electrons. The van der Waals surface area contributed by atoms with Gasteiger partial charge in [-0.1, -0.05) is 92.5 Å². The molecule has 3 aromatic rings. The van der Waals surface area contributed by atoms with E-state index in [0.29, 0.717) is 11.1 Å². The van der Waals surface area contributed by atoms with Crippen molar-refractivity contribution in [1.29, 1.82) is 0 Å². The number of urea groups is 1. The van der Waals surface area contributed by atoms with Crippen molar-refractivity contribution < 1.29 is 53.0 Å². The average Bonchev–Trinajstić information content (AvgIpc) is 3.20. The Balaban J connectivity index is 1.99. The van der Waals surface area contributed by atoms with Gasteiger partial charge in [0, 0.05) is 32.7 Å². The number of nitrogens with zero attached hydrogens (tertiary/aromatic N) is 1. The molecule has 1 aliphatic rings. The Hall–Kier alpha value is -4.37. The first-order chi connectivity index (χ1) is 30.4. The topological polar surface area (TPSA) is 120 Å². The van der Waals surface area contributed by atoms with Gasteiger partial charge in [0.1, 0.15) is 11.8 Å². The van der Waals surface area contributed by atoms with Crippen molar-refractivity contribution in [3.8, 4) is 5.75 Å². The SMILES string of the molecule is [2H]c1c([2H])c([2H])c(C([2H])([2H])[C@@H](C[C@H](O)[C@@]([2H])(NC(=O)COc2c(C)cccc2C)C([2H])([2H])c2c([2H])c([2H])c([2H])c([2H])c2[2H])NC(=O)[C@H](C(C)C)N2C(=O)NC([2H])([2H])C([2H])([2H])C2([2H])[2H])c([2H])c1[2H]. The highest BCUT2D eigenvalue weighted by Gasteiger charge is 2.35. The zero-order valence-electron chi connectivity index (χ0n) is 46.5. The van der Waals surface area contributed by atoms with Crippen LogP contribution in [0.1, 0.15) is 77.7 Å². The van der Waals surface area contributed by atoms with E-state index in [1.165, 1.54) is 13.8 Å². The number of amides is 4. The number of hydrogen-bond acceptors (Lipinski definition) is 5. The average molecular weight is 650 g/mol. The van der Waals surface area contributed by atoms with Gasteiger partial charge in [0.15, 0.2) is 6.61 Å². The van der Waals surface area contributed by atoms with E-state index in [9.17, 15) is 26.3 Å². The number of rotatable bonds is 15. The van der Waals surface area contributed by atoms with E-state index < -0.39 is 165 Å². The second-order valence-electron chi connectivity index (χ2n) is 10.4. The summed E-state index contributed by atoms with van der Waals surface area (Å²) < 4.78 is 185. The van der Waals surface area contributed by atoms with Gasteiger partial charge in [-0.25, -0.2) is 4.79 Å². The standard InChI is InChI=1S/C37H48N4O5/c1-25(2)34(41-20-12-19-38-37(41)45)36(44)39-30(21-28-15-7-5-8-16-28)23-32(42)31(22-29-17-9-6-10-18-29)40-33(43)24-46-35-26(3)13-11-14-27(35)4/h5-11,13-18,25,30-32,34,42H,12,19-24H2,1-4H3,(H,38,45)(H,39,44)(H,40,43)/t30-,31-,32-,34-/m0/s1/i5D,6D,7D,8D,9D,10D,12D2,15D,16D,17D,18D,19D2,20D2,21D2,22D2,31D. The normalized spacial score (nSPS) is 27.0. The second-order valence-corrected chi connectivity index (χ2v) is 10.4. The number of para-hydroxylation sites is 1. The van der Waals surface area contributed by atoms with Crippen molar-refractivity contribution in [2.24, 2.45) is 5.92 Å². The van der Waals surface area contributed by atoms with Gasteiger partial charge in [-0.05, 0) is 67.6 Å². The molecule has 4 amide bonds. The first kappa shape index (κ1) is 16.0. The number of ether oxygens (including phenoxy) is 1. The smallest absolute Gasteiger partial charge is 0.318 e. The molecular weight excluding hydrogens is 580 g/mol. The van der Waals surface area contributed by atoms with Crippen molar-refractivity contribution in [2.45, 2.75) is 77.4 Å². The number of aryl methyl sites for hydroxylation is 2. The molecule has 4 rings (SSSR count). The van der Waals surface area contributed by atoms with Crippen molar-refractivity contribution >= 4 is 17.8 Å². The van der Waals surface area contributed by atoms with Crippen LogP contribution in [0.4, 0.5) is 4.79 Å². The highest BCUT2D eigenvalue weighted by atomic mass is 16.5. The summed E-state index contributed by atoms with van der Waals surface area (Å²) in [6, 6.07) is -16.5. The Morgan fingerprint density at radius 1 is 1.04 bits per heavy atom. The predicted octanol–water partition coefficient (Wildman–Crippen LogP) is 4.33. The van der Waals surface area contributed by atoms with Gasteiger partial charge in [0.05, 0.1) is 27.2 Å². The van der Waals surface area contributed by atoms with Crippen LogP contribution in [0.15, 0.2) is 78.6 Å². The first-order valence-electron chi connectivity index (χ1n) is 24.6. The van der Waals surface area contributed by atoms with Crippen LogP contribution >= 0.6 is 0 Å². The number of nitrogens with one attached hydrogen (secondary N) is 3. The maximum Gasteiger partial charge on any atom is 0.318 e. The zero-order chi connectivity index (χ0) is 51.6. The van der Waals surface area contributed by atoms with Gasteiger partial charge in [-0.2, -0.15) is 0 Å². The molecule has 0 bridgehead atoms. The molecular formula is C37H48N4O5. The summed E-state index contributed by atoms with van der Waals surface area (Å²) >= 11 is 0. The van der Waals surface area contributed by atoms with E-state index in [4.69, 9.17) is 26.7 Å². The summed E-state index contributed by atoms with van der Waals surface area (Å²) in [7, 11) is 0. The van der Waals surface area contributed by atoms with E-state index in [-0.39, 0.29) is 10.6 Å². The van der Waals surface area contributed by atoms with E-state index in [0.717, 1.165) is 0 Å². The largest absolute Gasteiger partial charge is 0.483 e. The van der Waals surface area contributed by atoms with Crippen LogP contribution in [0.3, 0.4) is 0 Å². The third-order valence-electron chi connectivity index (χ3n) is 6.52. The monoisotopic (exact) mass is 649 g/mol. The van der Waals surface area contributed by atoms with E-state index >= 15 is 0 Å². The molecule has 0 spiro atoms. The molecule has 0 aliphatic carbocycles. The Kier molecular flexibility index (Phi) is 5.83. The van der Waals surface area contributed by atoms with Crippen LogP contribution in [0, 0.1) is 19.8 Å². The van der Waals surface area contributed by atoms with Crippen molar-refractivity contribution in [2.75, 3.05) is 19.6 Å². The van der Waals surface area contributed by atoms with Gasteiger partial charge in [-0.3, -0.25) is 9.59 Å². The summed E-state index contributed by atoms with van der Waals surface area (Å²) in [6.07, 6.45) is -15.4. The van der Waals surface area contributed by atoms with E-state index in [2.05, 4.69) is 5.32 Å². The zero-order valence-corrected chi connectivity index (χ0v) is 25.5. The van der Waals surface area contributed by atoms with Crippen LogP contribution in [-0.2, 0) is 22.3 Å². The fourth-order valence-corrected chi connectivity index (χ4v) is 4.44. The van der Waals surface area contributed by atoms with E-state index in [1.54, 1.807) is 37.4 Å². The lowest BCUT2D eigenvalue weighted by Gasteiger charge is -2.37. The summed E-state index contributed by atoms with van der Waals surface area (Å²) in [5.74, 6) is -4.07. The van der Waals surface area contributed by atoms with E-state index in [1.807, 2.05) is 5.32 Å². The van der Waals surface area contributed by atoms with Crippen LogP contribution in [-0.4, -0.2) is 71.7 Å². The molecule has 9 nitrogen and oxygen atoms in total. The number of carbonyl (C=O) groups is 3. The summed E-state index contributed by atoms with van der Waals surface area (Å²) in [6.45, 7) is -2.35. The van der Waals surface area contributed by atoms with Crippen molar-refractivity contribution in [3.05, 3.63) is 101 Å². The molecule has 1 saturated heterocycles. The van der Waals surface area contributed by atoms with Gasteiger partial charge < -0.3 is 30.7 Å². The van der Waals surface area contributed by atoms with Crippen LogP contribution < -0.4 is 20.7 Å². The minimum atomic E-state index is -3.81. The molecule has 4 N–H and O–H groups in total. The highest BCUT2D eigenvalue weighted by molar-refractivity contribution is 5.87. The third-order valence-corrected chi connectivity index (χ3v) is 6.52. The van der Waals surface area contributed by atoms with Gasteiger partial charge in [0.25, 0.3) is 5.91 Å².